The maximum atomic E-state index is 13.9. The normalized spacial score (nSPS) is 15.1. The molecule has 0 atom stereocenters. The van der Waals surface area contributed by atoms with Gasteiger partial charge in [0.1, 0.15) is 12.0 Å². The highest BCUT2D eigenvalue weighted by molar-refractivity contribution is 14.1. The average molecular weight is 665 g/mol. The van der Waals surface area contributed by atoms with Crippen molar-refractivity contribution in [2.45, 2.75) is 20.0 Å². The van der Waals surface area contributed by atoms with Crippen LogP contribution in [0.1, 0.15) is 32.9 Å². The van der Waals surface area contributed by atoms with Crippen molar-refractivity contribution in [2.75, 3.05) is 43.4 Å². The van der Waals surface area contributed by atoms with Crippen molar-refractivity contribution in [1.29, 1.82) is 5.41 Å². The topological polar surface area (TPSA) is 115 Å². The van der Waals surface area contributed by atoms with Gasteiger partial charge in [-0.1, -0.05) is 27.8 Å². The number of amides is 1. The molecule has 1 aliphatic rings. The minimum absolute atomic E-state index is 0.0457. The molecule has 0 bridgehead atoms. The van der Waals surface area contributed by atoms with Crippen LogP contribution in [0.25, 0.3) is 11.3 Å². The number of likely N-dealkylation sites (N-methyl/N-ethyl adjacent to an activating group) is 1. The molecule has 1 amide bonds. The van der Waals surface area contributed by atoms with Crippen LogP contribution in [0.3, 0.4) is 0 Å². The molecular formula is C26H27F3IN9O. The first-order valence-electron chi connectivity index (χ1n) is 12.2. The van der Waals surface area contributed by atoms with E-state index in [4.69, 9.17) is 5.41 Å². The van der Waals surface area contributed by atoms with Crippen molar-refractivity contribution >= 4 is 58.0 Å². The summed E-state index contributed by atoms with van der Waals surface area (Å²) in [6, 6.07) is 4.11. The van der Waals surface area contributed by atoms with Crippen molar-refractivity contribution in [3.05, 3.63) is 62.8 Å². The summed E-state index contributed by atoms with van der Waals surface area (Å²) in [6.45, 7) is 5.81. The van der Waals surface area contributed by atoms with Gasteiger partial charge in [0, 0.05) is 55.5 Å². The van der Waals surface area contributed by atoms with Crippen LogP contribution < -0.4 is 10.2 Å². The number of anilines is 2. The van der Waals surface area contributed by atoms with Crippen molar-refractivity contribution < 1.29 is 18.0 Å². The molecule has 0 saturated carbocycles. The molecule has 40 heavy (non-hydrogen) atoms. The highest BCUT2D eigenvalue weighted by Gasteiger charge is 2.35. The zero-order chi connectivity index (χ0) is 29.0. The van der Waals surface area contributed by atoms with Crippen LogP contribution in [-0.4, -0.2) is 76.6 Å². The monoisotopic (exact) mass is 665 g/mol. The molecule has 0 radical (unpaired) electrons. The molecule has 3 heterocycles. The molecular weight excluding hydrogens is 638 g/mol. The van der Waals surface area contributed by atoms with Gasteiger partial charge < -0.3 is 15.1 Å². The second-order valence-corrected chi connectivity index (χ2v) is 9.88. The first kappa shape index (κ1) is 29.3. The van der Waals surface area contributed by atoms with Crippen molar-refractivity contribution in [3.63, 3.8) is 0 Å². The van der Waals surface area contributed by atoms with E-state index in [0.29, 0.717) is 41.4 Å². The van der Waals surface area contributed by atoms with Crippen LogP contribution in [0.5, 0.6) is 0 Å². The van der Waals surface area contributed by atoms with Gasteiger partial charge in [-0.2, -0.15) is 13.2 Å². The average Bonchev–Trinajstić information content (AvgIpc) is 3.40. The largest absolute Gasteiger partial charge is 0.416 e. The molecule has 210 valence electrons. The van der Waals surface area contributed by atoms with E-state index in [9.17, 15) is 18.0 Å². The van der Waals surface area contributed by atoms with E-state index in [-0.39, 0.29) is 16.8 Å². The molecule has 0 unspecified atom stereocenters. The molecule has 3 aromatic rings. The molecule has 1 aliphatic heterocycles. The highest BCUT2D eigenvalue weighted by atomic mass is 127. The summed E-state index contributed by atoms with van der Waals surface area (Å²) in [5.41, 5.74) is 2.13. The van der Waals surface area contributed by atoms with Crippen molar-refractivity contribution in [1.82, 2.24) is 24.9 Å². The predicted octanol–water partition coefficient (Wildman–Crippen LogP) is 4.76. The Bertz CT molecular complexity index is 1470. The van der Waals surface area contributed by atoms with Crippen LogP contribution in [-0.2, 0) is 6.18 Å². The summed E-state index contributed by atoms with van der Waals surface area (Å²) >= 11 is 2.03. The zero-order valence-electron chi connectivity index (χ0n) is 22.0. The van der Waals surface area contributed by atoms with Crippen LogP contribution >= 0.6 is 22.6 Å². The van der Waals surface area contributed by atoms with Crippen LogP contribution in [0.2, 0.25) is 0 Å². The Balaban J connectivity index is 1.64. The number of aryl methyl sites for hydroxylation is 1. The Labute approximate surface area is 242 Å². The number of rotatable bonds is 7. The minimum atomic E-state index is -4.58. The first-order valence-corrected chi connectivity index (χ1v) is 13.4. The van der Waals surface area contributed by atoms with Gasteiger partial charge in [0.25, 0.3) is 5.91 Å². The number of benzene rings is 1. The summed E-state index contributed by atoms with van der Waals surface area (Å²) < 4.78 is 45.0. The van der Waals surface area contributed by atoms with E-state index >= 15 is 0 Å². The molecule has 0 aliphatic carbocycles. The second kappa shape index (κ2) is 12.2. The molecule has 2 N–H and O–H groups in total. The van der Waals surface area contributed by atoms with E-state index in [1.807, 2.05) is 34.5 Å². The number of pyridine rings is 1. The Kier molecular flexibility index (Phi) is 8.98. The summed E-state index contributed by atoms with van der Waals surface area (Å²) in [5, 5.41) is 18.0. The highest BCUT2D eigenvalue weighted by Crippen LogP contribution is 2.39. The lowest BCUT2D eigenvalue weighted by Gasteiger charge is -2.35. The van der Waals surface area contributed by atoms with Gasteiger partial charge in [-0.05, 0) is 48.7 Å². The number of allylic oxidation sites excluding steroid dienone is 1. The maximum Gasteiger partial charge on any atom is 0.416 e. The minimum Gasteiger partial charge on any atom is -0.369 e. The fraction of sp³-hybridized carbons (Fsp3) is 0.308. The number of nitrogens with zero attached hydrogens (tertiary/aromatic N) is 7. The van der Waals surface area contributed by atoms with Gasteiger partial charge in [0.2, 0.25) is 0 Å². The number of alkyl halides is 3. The molecule has 0 spiro atoms. The SMILES string of the molecule is Cc1ncc(C(=O)Nc2cc(N3CCN(C)CC3)c(C)c(C(F)(F)F)c2)cc1-n1cc(/C(C=NC=N)=C/I)nn1. The third-order valence-corrected chi connectivity index (χ3v) is 7.22. The molecule has 1 fully saturated rings. The summed E-state index contributed by atoms with van der Waals surface area (Å²) in [4.78, 5) is 25.3. The van der Waals surface area contributed by atoms with Crippen molar-refractivity contribution in [2.24, 2.45) is 4.99 Å². The number of aromatic nitrogens is 4. The van der Waals surface area contributed by atoms with E-state index in [1.165, 1.54) is 24.0 Å². The van der Waals surface area contributed by atoms with Crippen LogP contribution in [0.15, 0.2) is 39.7 Å². The van der Waals surface area contributed by atoms with Crippen LogP contribution in [0.4, 0.5) is 24.5 Å². The molecule has 1 aromatic carbocycles. The van der Waals surface area contributed by atoms with Gasteiger partial charge in [-0.15, -0.1) is 5.10 Å². The quantitative estimate of drug-likeness (QED) is 0.214. The second-order valence-electron chi connectivity index (χ2n) is 9.26. The van der Waals surface area contributed by atoms with Gasteiger partial charge in [-0.25, -0.2) is 9.67 Å². The van der Waals surface area contributed by atoms with Gasteiger partial charge >= 0.3 is 6.18 Å². The Morgan fingerprint density at radius 2 is 1.88 bits per heavy atom. The lowest BCUT2D eigenvalue weighted by atomic mass is 10.0. The fourth-order valence-corrected chi connectivity index (χ4v) is 4.78. The van der Waals surface area contributed by atoms with E-state index in [2.05, 4.69) is 30.5 Å². The first-order chi connectivity index (χ1) is 19.0. The van der Waals surface area contributed by atoms with Gasteiger partial charge in [0.05, 0.1) is 28.7 Å². The smallest absolute Gasteiger partial charge is 0.369 e. The molecule has 14 heteroatoms. The number of halogens is 4. The number of carbonyl (C=O) groups excluding carboxylic acids is 1. The van der Waals surface area contributed by atoms with E-state index < -0.39 is 17.6 Å². The number of carbonyl (C=O) groups is 1. The van der Waals surface area contributed by atoms with Crippen LogP contribution in [0, 0.1) is 19.3 Å². The predicted molar refractivity (Wildman–Crippen MR) is 157 cm³/mol. The van der Waals surface area contributed by atoms with E-state index in [1.54, 1.807) is 29.3 Å². The summed E-state index contributed by atoms with van der Waals surface area (Å²) in [7, 11) is 1.97. The molecule has 2 aromatic heterocycles. The number of piperazine rings is 1. The third-order valence-electron chi connectivity index (χ3n) is 6.55. The molecule has 10 nitrogen and oxygen atoms in total. The maximum absolute atomic E-state index is 13.9. The standard InChI is InChI=1S/C26H27F3IN9O/c1-16-21(26(27,28)29)9-20(10-23(16)38-6-4-37(3)5-7-38)34-25(40)18-8-24(17(2)33-13-18)39-14-22(35-36-39)19(11-30)12-32-15-31/h8-15,31H,4-7H2,1-3H3,(H,34,40)/b19-11+,31-15?,32-12?. The number of aliphatic imine (C=N–C) groups is 1. The van der Waals surface area contributed by atoms with Gasteiger partial charge in [0.15, 0.2) is 0 Å². The third kappa shape index (κ3) is 6.55. The lowest BCUT2D eigenvalue weighted by Crippen LogP contribution is -2.44. The summed E-state index contributed by atoms with van der Waals surface area (Å²) in [5.74, 6) is -0.610. The molecule has 1 saturated heterocycles. The zero-order valence-corrected chi connectivity index (χ0v) is 24.2. The van der Waals surface area contributed by atoms with E-state index in [0.717, 1.165) is 25.5 Å². The van der Waals surface area contributed by atoms with Gasteiger partial charge in [-0.3, -0.25) is 15.2 Å². The Morgan fingerprint density at radius 1 is 1.15 bits per heavy atom. The number of nitrogens with one attached hydrogen (secondary N) is 2. The summed E-state index contributed by atoms with van der Waals surface area (Å²) in [6.07, 6.45) is 0.782. The molecule has 4 rings (SSSR count). The lowest BCUT2D eigenvalue weighted by molar-refractivity contribution is -0.138. The number of hydrogen-bond donors (Lipinski definition) is 2. The van der Waals surface area contributed by atoms with Crippen molar-refractivity contribution in [3.8, 4) is 5.69 Å². The fourth-order valence-electron chi connectivity index (χ4n) is 4.30. The number of hydrogen-bond acceptors (Lipinski definition) is 7. The Hall–Kier alpha value is -3.66. The Morgan fingerprint density at radius 3 is 2.52 bits per heavy atom.